The van der Waals surface area contributed by atoms with Crippen molar-refractivity contribution < 1.29 is 18.6 Å². The molecule has 2 aliphatic rings. The predicted octanol–water partition coefficient (Wildman–Crippen LogP) is 4.80. The standard InChI is InChI=1S/C22H26Cl2N2O4S/c1-14-11-25(18-6-8-21(23)22(24)9-18)12-15(2)26(14)31(28,29)19-7-5-16-3-4-17(13-30-27)20(16)10-19/h5-10,14-15,17,27H,3-4,11-13H2,1-2H3/t14-,15+,17?. The molecule has 4 rings (SSSR count). The highest BCUT2D eigenvalue weighted by Crippen LogP contribution is 2.37. The topological polar surface area (TPSA) is 70.1 Å². The van der Waals surface area contributed by atoms with Gasteiger partial charge in [-0.05, 0) is 68.1 Å². The third kappa shape index (κ3) is 4.32. The summed E-state index contributed by atoms with van der Waals surface area (Å²) in [6.07, 6.45) is 1.70. The summed E-state index contributed by atoms with van der Waals surface area (Å²) < 4.78 is 28.8. The summed E-state index contributed by atoms with van der Waals surface area (Å²) in [5.41, 5.74) is 2.99. The van der Waals surface area contributed by atoms with Crippen LogP contribution in [0.2, 0.25) is 10.0 Å². The quantitative estimate of drug-likeness (QED) is 0.487. The average Bonchev–Trinajstić information content (AvgIpc) is 3.12. The van der Waals surface area contributed by atoms with E-state index < -0.39 is 10.0 Å². The minimum atomic E-state index is -3.68. The highest BCUT2D eigenvalue weighted by atomic mass is 35.5. The second-order valence-electron chi connectivity index (χ2n) is 8.43. The smallest absolute Gasteiger partial charge is 0.243 e. The lowest BCUT2D eigenvalue weighted by Crippen LogP contribution is -2.58. The van der Waals surface area contributed by atoms with Gasteiger partial charge in [0.05, 0.1) is 21.5 Å². The molecule has 6 nitrogen and oxygen atoms in total. The van der Waals surface area contributed by atoms with Crippen LogP contribution in [0.1, 0.15) is 37.3 Å². The van der Waals surface area contributed by atoms with E-state index >= 15 is 0 Å². The van der Waals surface area contributed by atoms with E-state index in [4.69, 9.17) is 28.5 Å². The van der Waals surface area contributed by atoms with Crippen LogP contribution in [0, 0.1) is 0 Å². The fourth-order valence-electron chi connectivity index (χ4n) is 4.89. The molecular weight excluding hydrogens is 459 g/mol. The van der Waals surface area contributed by atoms with Crippen LogP contribution in [0.5, 0.6) is 0 Å². The third-order valence-corrected chi connectivity index (χ3v) is 9.14. The number of aryl methyl sites for hydroxylation is 1. The first-order valence-corrected chi connectivity index (χ1v) is 12.5. The summed E-state index contributed by atoms with van der Waals surface area (Å²) in [7, 11) is -3.68. The molecule has 0 aromatic heterocycles. The molecule has 168 valence electrons. The van der Waals surface area contributed by atoms with Crippen LogP contribution in [-0.2, 0) is 21.3 Å². The van der Waals surface area contributed by atoms with Crippen LogP contribution in [-0.4, -0.2) is 49.8 Å². The van der Waals surface area contributed by atoms with Crippen molar-refractivity contribution in [3.63, 3.8) is 0 Å². The van der Waals surface area contributed by atoms with E-state index in [-0.39, 0.29) is 29.5 Å². The summed E-state index contributed by atoms with van der Waals surface area (Å²) in [5, 5.41) is 9.83. The maximum atomic E-state index is 13.6. The Kier molecular flexibility index (Phi) is 6.54. The van der Waals surface area contributed by atoms with Gasteiger partial charge in [-0.1, -0.05) is 29.3 Å². The fraction of sp³-hybridized carbons (Fsp3) is 0.455. The van der Waals surface area contributed by atoms with E-state index in [1.165, 1.54) is 0 Å². The average molecular weight is 485 g/mol. The molecule has 31 heavy (non-hydrogen) atoms. The summed E-state index contributed by atoms with van der Waals surface area (Å²) in [5.74, 6) is 0.0106. The number of hydrogen-bond acceptors (Lipinski definition) is 5. The van der Waals surface area contributed by atoms with Gasteiger partial charge in [0, 0.05) is 36.8 Å². The molecule has 0 saturated carbocycles. The Bertz CT molecular complexity index is 1070. The molecule has 1 fully saturated rings. The molecule has 1 N–H and O–H groups in total. The second-order valence-corrected chi connectivity index (χ2v) is 11.1. The number of halogens is 2. The Morgan fingerprint density at radius 2 is 1.77 bits per heavy atom. The second kappa shape index (κ2) is 8.89. The number of benzene rings is 2. The molecule has 1 aliphatic heterocycles. The molecule has 2 aromatic carbocycles. The highest BCUT2D eigenvalue weighted by Gasteiger charge is 2.39. The number of fused-ring (bicyclic) bond motifs is 1. The van der Waals surface area contributed by atoms with Crippen molar-refractivity contribution in [3.8, 4) is 0 Å². The van der Waals surface area contributed by atoms with Gasteiger partial charge in [-0.2, -0.15) is 4.31 Å². The Balaban J connectivity index is 1.59. The monoisotopic (exact) mass is 484 g/mol. The number of sulfonamides is 1. The van der Waals surface area contributed by atoms with Gasteiger partial charge in [-0.15, -0.1) is 0 Å². The lowest BCUT2D eigenvalue weighted by atomic mass is 10.0. The van der Waals surface area contributed by atoms with Crippen molar-refractivity contribution in [1.82, 2.24) is 4.31 Å². The molecule has 1 saturated heterocycles. The van der Waals surface area contributed by atoms with Gasteiger partial charge >= 0.3 is 0 Å². The number of nitrogens with zero attached hydrogens (tertiary/aromatic N) is 2. The molecule has 9 heteroatoms. The minimum Gasteiger partial charge on any atom is -0.368 e. The van der Waals surface area contributed by atoms with E-state index in [0.29, 0.717) is 23.1 Å². The predicted molar refractivity (Wildman–Crippen MR) is 123 cm³/mol. The maximum Gasteiger partial charge on any atom is 0.243 e. The minimum absolute atomic E-state index is 0.0106. The van der Waals surface area contributed by atoms with E-state index in [9.17, 15) is 8.42 Å². The van der Waals surface area contributed by atoms with Crippen LogP contribution in [0.25, 0.3) is 0 Å². The van der Waals surface area contributed by atoms with Crippen LogP contribution < -0.4 is 4.90 Å². The van der Waals surface area contributed by atoms with Gasteiger partial charge in [0.25, 0.3) is 0 Å². The Morgan fingerprint density at radius 1 is 1.06 bits per heavy atom. The number of anilines is 1. The molecular formula is C22H26Cl2N2O4S. The number of hydrogen-bond donors (Lipinski definition) is 1. The molecule has 0 radical (unpaired) electrons. The zero-order chi connectivity index (χ0) is 22.3. The fourth-order valence-corrected chi connectivity index (χ4v) is 7.02. The Hall–Kier alpha value is -1.35. The van der Waals surface area contributed by atoms with E-state index in [1.807, 2.05) is 32.0 Å². The molecule has 3 atom stereocenters. The highest BCUT2D eigenvalue weighted by molar-refractivity contribution is 7.89. The normalized spacial score (nSPS) is 24.4. The van der Waals surface area contributed by atoms with Gasteiger partial charge < -0.3 is 4.90 Å². The first-order valence-electron chi connectivity index (χ1n) is 10.3. The van der Waals surface area contributed by atoms with Crippen LogP contribution in [0.4, 0.5) is 5.69 Å². The Labute approximate surface area is 193 Å². The lowest BCUT2D eigenvalue weighted by Gasteiger charge is -2.44. The van der Waals surface area contributed by atoms with Gasteiger partial charge in [-0.25, -0.2) is 13.3 Å². The van der Waals surface area contributed by atoms with Crippen LogP contribution in [0.3, 0.4) is 0 Å². The van der Waals surface area contributed by atoms with E-state index in [1.54, 1.807) is 22.5 Å². The van der Waals surface area contributed by atoms with Gasteiger partial charge in [0.15, 0.2) is 0 Å². The van der Waals surface area contributed by atoms with E-state index in [0.717, 1.165) is 29.7 Å². The van der Waals surface area contributed by atoms with Crippen molar-refractivity contribution in [2.75, 3.05) is 24.6 Å². The van der Waals surface area contributed by atoms with Crippen LogP contribution in [0.15, 0.2) is 41.3 Å². The summed E-state index contributed by atoms with van der Waals surface area (Å²) in [6, 6.07) is 10.4. The molecule has 2 aromatic rings. The molecule has 0 bridgehead atoms. The first-order chi connectivity index (χ1) is 14.7. The molecule has 0 amide bonds. The number of piperazine rings is 1. The molecule has 0 spiro atoms. The Morgan fingerprint density at radius 3 is 2.42 bits per heavy atom. The largest absolute Gasteiger partial charge is 0.368 e. The lowest BCUT2D eigenvalue weighted by molar-refractivity contribution is -0.245. The summed E-state index contributed by atoms with van der Waals surface area (Å²) in [6.45, 7) is 5.12. The van der Waals surface area contributed by atoms with E-state index in [2.05, 4.69) is 9.79 Å². The van der Waals surface area contributed by atoms with Crippen molar-refractivity contribution in [2.45, 2.75) is 49.6 Å². The van der Waals surface area contributed by atoms with Crippen molar-refractivity contribution in [2.24, 2.45) is 0 Å². The van der Waals surface area contributed by atoms with Crippen molar-refractivity contribution in [1.29, 1.82) is 0 Å². The maximum absolute atomic E-state index is 13.6. The van der Waals surface area contributed by atoms with Gasteiger partial charge in [0.2, 0.25) is 10.0 Å². The molecule has 1 aliphatic carbocycles. The van der Waals surface area contributed by atoms with Crippen molar-refractivity contribution >= 4 is 38.9 Å². The SMILES string of the molecule is C[C@@H]1CN(c2ccc(Cl)c(Cl)c2)C[C@H](C)N1S(=O)(=O)c1ccc2c(c1)C(COO)CC2. The first kappa shape index (κ1) is 22.8. The van der Waals surface area contributed by atoms with Crippen molar-refractivity contribution in [3.05, 3.63) is 57.6 Å². The number of rotatable bonds is 5. The van der Waals surface area contributed by atoms with Gasteiger partial charge in [-0.3, -0.25) is 5.26 Å². The van der Waals surface area contributed by atoms with Gasteiger partial charge in [0.1, 0.15) is 0 Å². The molecule has 1 unspecified atom stereocenters. The summed E-state index contributed by atoms with van der Waals surface area (Å²) >= 11 is 12.2. The van der Waals surface area contributed by atoms with Crippen LogP contribution >= 0.6 is 23.2 Å². The zero-order valence-electron chi connectivity index (χ0n) is 17.5. The zero-order valence-corrected chi connectivity index (χ0v) is 19.8. The summed E-state index contributed by atoms with van der Waals surface area (Å²) in [4.78, 5) is 6.77. The third-order valence-electron chi connectivity index (χ3n) is 6.28. The molecule has 1 heterocycles.